The van der Waals surface area contributed by atoms with Gasteiger partial charge in [0.15, 0.2) is 9.84 Å². The van der Waals surface area contributed by atoms with E-state index >= 15 is 0 Å². The molecule has 1 aliphatic rings. The molecule has 0 spiro atoms. The Morgan fingerprint density at radius 3 is 2.16 bits per heavy atom. The molecule has 104 valence electrons. The first-order valence-corrected chi connectivity index (χ1v) is 8.04. The van der Waals surface area contributed by atoms with Crippen molar-refractivity contribution in [3.05, 3.63) is 24.3 Å². The number of carbonyl (C=O) groups is 1. The maximum Gasteiger partial charge on any atom is 0.329 e. The summed E-state index contributed by atoms with van der Waals surface area (Å²) >= 11 is 0. The van der Waals surface area contributed by atoms with E-state index in [2.05, 4.69) is 5.32 Å². The van der Waals surface area contributed by atoms with Gasteiger partial charge >= 0.3 is 5.97 Å². The molecule has 0 amide bonds. The molecule has 6 heteroatoms. The Hall–Kier alpha value is -1.56. The van der Waals surface area contributed by atoms with Gasteiger partial charge in [0.25, 0.3) is 0 Å². The van der Waals surface area contributed by atoms with Gasteiger partial charge in [-0.25, -0.2) is 13.2 Å². The predicted molar refractivity (Wildman–Crippen MR) is 72.0 cm³/mol. The fourth-order valence-electron chi connectivity index (χ4n) is 2.43. The second kappa shape index (κ2) is 4.85. The summed E-state index contributed by atoms with van der Waals surface area (Å²) < 4.78 is 22.7. The second-order valence-electron chi connectivity index (χ2n) is 5.02. The van der Waals surface area contributed by atoms with Gasteiger partial charge in [-0.05, 0) is 37.1 Å². The van der Waals surface area contributed by atoms with E-state index in [1.54, 1.807) is 12.1 Å². The van der Waals surface area contributed by atoms with Gasteiger partial charge in [0, 0.05) is 11.9 Å². The smallest absolute Gasteiger partial charge is 0.329 e. The fourth-order valence-corrected chi connectivity index (χ4v) is 3.06. The molecule has 0 atom stereocenters. The zero-order chi connectivity index (χ0) is 14.1. The summed E-state index contributed by atoms with van der Waals surface area (Å²) in [5.41, 5.74) is -0.274. The third-order valence-electron chi connectivity index (χ3n) is 3.53. The van der Waals surface area contributed by atoms with Crippen molar-refractivity contribution in [2.24, 2.45) is 0 Å². The molecule has 0 aromatic heterocycles. The molecular formula is C13H17NO4S. The van der Waals surface area contributed by atoms with Gasteiger partial charge in [-0.3, -0.25) is 0 Å². The minimum absolute atomic E-state index is 0.230. The highest BCUT2D eigenvalue weighted by molar-refractivity contribution is 7.90. The third kappa shape index (κ3) is 2.89. The molecule has 0 unspecified atom stereocenters. The largest absolute Gasteiger partial charge is 0.480 e. The van der Waals surface area contributed by atoms with Crippen molar-refractivity contribution < 1.29 is 18.3 Å². The van der Waals surface area contributed by atoms with Crippen LogP contribution in [0.5, 0.6) is 0 Å². The minimum Gasteiger partial charge on any atom is -0.480 e. The van der Waals surface area contributed by atoms with Crippen LogP contribution in [-0.2, 0) is 14.6 Å². The summed E-state index contributed by atoms with van der Waals surface area (Å²) in [7, 11) is -3.22. The Bertz CT molecular complexity index is 571. The summed E-state index contributed by atoms with van der Waals surface area (Å²) in [6.07, 6.45) is 4.11. The van der Waals surface area contributed by atoms with E-state index in [-0.39, 0.29) is 4.90 Å². The van der Waals surface area contributed by atoms with E-state index in [0.29, 0.717) is 18.5 Å². The predicted octanol–water partition coefficient (Wildman–Crippen LogP) is 1.90. The Kier molecular flexibility index (Phi) is 3.54. The Balaban J connectivity index is 2.22. The molecule has 2 rings (SSSR count). The summed E-state index contributed by atoms with van der Waals surface area (Å²) in [5.74, 6) is -0.850. The van der Waals surface area contributed by atoms with Crippen molar-refractivity contribution >= 4 is 21.5 Å². The number of aliphatic carboxylic acids is 1. The van der Waals surface area contributed by atoms with Crippen LogP contribution >= 0.6 is 0 Å². The monoisotopic (exact) mass is 283 g/mol. The molecule has 19 heavy (non-hydrogen) atoms. The van der Waals surface area contributed by atoms with Crippen LogP contribution in [0.4, 0.5) is 5.69 Å². The van der Waals surface area contributed by atoms with Crippen LogP contribution in [0.2, 0.25) is 0 Å². The summed E-state index contributed by atoms with van der Waals surface area (Å²) in [6.45, 7) is 0. The van der Waals surface area contributed by atoms with E-state index in [9.17, 15) is 18.3 Å². The maximum absolute atomic E-state index is 11.4. The number of rotatable bonds is 4. The van der Waals surface area contributed by atoms with Crippen LogP contribution in [0.1, 0.15) is 25.7 Å². The Morgan fingerprint density at radius 2 is 1.74 bits per heavy atom. The van der Waals surface area contributed by atoms with Crippen LogP contribution in [-0.4, -0.2) is 31.3 Å². The number of carboxylic acid groups (broad SMARTS) is 1. The Labute approximate surface area is 112 Å². The number of hydrogen-bond donors (Lipinski definition) is 2. The number of anilines is 1. The average Bonchev–Trinajstić information content (AvgIpc) is 2.78. The molecule has 1 aromatic carbocycles. The molecule has 0 aliphatic heterocycles. The van der Waals surface area contributed by atoms with Gasteiger partial charge in [0.2, 0.25) is 0 Å². The molecular weight excluding hydrogens is 266 g/mol. The van der Waals surface area contributed by atoms with Crippen LogP contribution in [0.3, 0.4) is 0 Å². The molecule has 1 aliphatic carbocycles. The van der Waals surface area contributed by atoms with Crippen molar-refractivity contribution in [3.63, 3.8) is 0 Å². The van der Waals surface area contributed by atoms with E-state index in [4.69, 9.17) is 0 Å². The van der Waals surface area contributed by atoms with Crippen molar-refractivity contribution in [3.8, 4) is 0 Å². The number of nitrogens with one attached hydrogen (secondary N) is 1. The number of carboxylic acids is 1. The molecule has 0 saturated heterocycles. The molecule has 0 heterocycles. The molecule has 1 fully saturated rings. The van der Waals surface area contributed by atoms with Gasteiger partial charge < -0.3 is 10.4 Å². The van der Waals surface area contributed by atoms with Crippen molar-refractivity contribution in [1.82, 2.24) is 0 Å². The SMILES string of the molecule is CS(=O)(=O)c1ccc(NC2(C(=O)O)CCCC2)cc1. The molecule has 1 aromatic rings. The lowest BCUT2D eigenvalue weighted by Gasteiger charge is -2.26. The van der Waals surface area contributed by atoms with Crippen molar-refractivity contribution in [1.29, 1.82) is 0 Å². The average molecular weight is 283 g/mol. The standard InChI is InChI=1S/C13H17NO4S/c1-19(17,18)11-6-4-10(5-7-11)14-13(12(15)16)8-2-3-9-13/h4-7,14H,2-3,8-9H2,1H3,(H,15,16). The third-order valence-corrected chi connectivity index (χ3v) is 4.66. The van der Waals surface area contributed by atoms with Crippen LogP contribution in [0.25, 0.3) is 0 Å². The van der Waals surface area contributed by atoms with Crippen LogP contribution < -0.4 is 5.32 Å². The normalized spacial score (nSPS) is 18.2. The van der Waals surface area contributed by atoms with E-state index < -0.39 is 21.3 Å². The second-order valence-corrected chi connectivity index (χ2v) is 7.03. The molecule has 1 saturated carbocycles. The molecule has 2 N–H and O–H groups in total. The van der Waals surface area contributed by atoms with Crippen molar-refractivity contribution in [2.45, 2.75) is 36.1 Å². The quantitative estimate of drug-likeness (QED) is 0.881. The number of benzene rings is 1. The highest BCUT2D eigenvalue weighted by atomic mass is 32.2. The van der Waals surface area contributed by atoms with E-state index in [1.807, 2.05) is 0 Å². The molecule has 0 radical (unpaired) electrons. The first-order chi connectivity index (χ1) is 8.83. The summed E-state index contributed by atoms with van der Waals surface area (Å²) in [6, 6.07) is 6.20. The van der Waals surface area contributed by atoms with Gasteiger partial charge in [-0.15, -0.1) is 0 Å². The van der Waals surface area contributed by atoms with Crippen molar-refractivity contribution in [2.75, 3.05) is 11.6 Å². The molecule has 5 nitrogen and oxygen atoms in total. The maximum atomic E-state index is 11.4. The zero-order valence-corrected chi connectivity index (χ0v) is 11.5. The first kappa shape index (κ1) is 13.9. The van der Waals surface area contributed by atoms with Crippen LogP contribution in [0, 0.1) is 0 Å². The first-order valence-electron chi connectivity index (χ1n) is 6.15. The van der Waals surface area contributed by atoms with Crippen LogP contribution in [0.15, 0.2) is 29.2 Å². The number of sulfone groups is 1. The lowest BCUT2D eigenvalue weighted by Crippen LogP contribution is -2.43. The minimum atomic E-state index is -3.22. The van der Waals surface area contributed by atoms with Gasteiger partial charge in [0.1, 0.15) is 5.54 Å². The lowest BCUT2D eigenvalue weighted by atomic mass is 9.97. The van der Waals surface area contributed by atoms with E-state index in [0.717, 1.165) is 19.1 Å². The topological polar surface area (TPSA) is 83.5 Å². The van der Waals surface area contributed by atoms with E-state index in [1.165, 1.54) is 12.1 Å². The molecule has 0 bridgehead atoms. The van der Waals surface area contributed by atoms with Gasteiger partial charge in [-0.2, -0.15) is 0 Å². The zero-order valence-electron chi connectivity index (χ0n) is 10.7. The highest BCUT2D eigenvalue weighted by Gasteiger charge is 2.41. The van der Waals surface area contributed by atoms with Gasteiger partial charge in [-0.1, -0.05) is 12.8 Å². The lowest BCUT2D eigenvalue weighted by molar-refractivity contribution is -0.142. The highest BCUT2D eigenvalue weighted by Crippen LogP contribution is 2.33. The summed E-state index contributed by atoms with van der Waals surface area (Å²) in [4.78, 5) is 11.6. The summed E-state index contributed by atoms with van der Waals surface area (Å²) in [5, 5.41) is 12.4. The number of hydrogen-bond acceptors (Lipinski definition) is 4. The van der Waals surface area contributed by atoms with Gasteiger partial charge in [0.05, 0.1) is 4.90 Å². The Morgan fingerprint density at radius 1 is 1.21 bits per heavy atom. The fraction of sp³-hybridized carbons (Fsp3) is 0.462.